The summed E-state index contributed by atoms with van der Waals surface area (Å²) in [7, 11) is 0. The maximum Gasteiger partial charge on any atom is 0.0828 e. The fourth-order valence-electron chi connectivity index (χ4n) is 2.05. The van der Waals surface area contributed by atoms with Gasteiger partial charge in [-0.3, -0.25) is 0 Å². The van der Waals surface area contributed by atoms with Gasteiger partial charge in [0.1, 0.15) is 0 Å². The quantitative estimate of drug-likeness (QED) is 0.751. The van der Waals surface area contributed by atoms with Crippen LogP contribution in [0.1, 0.15) is 39.0 Å². The molecule has 80 valence electrons. The van der Waals surface area contributed by atoms with Gasteiger partial charge in [0.05, 0.1) is 17.6 Å². The molecular formula is C11H19NO2. The summed E-state index contributed by atoms with van der Waals surface area (Å²) in [6.07, 6.45) is 3.89. The SMILES string of the molecule is CCCC(C#N)C1(O)CCCOCC1. The van der Waals surface area contributed by atoms with Crippen LogP contribution in [-0.4, -0.2) is 23.9 Å². The summed E-state index contributed by atoms with van der Waals surface area (Å²) in [6.45, 7) is 3.34. The van der Waals surface area contributed by atoms with Crippen LogP contribution in [0.3, 0.4) is 0 Å². The molecule has 3 heteroatoms. The third kappa shape index (κ3) is 2.70. The third-order valence-corrected chi connectivity index (χ3v) is 2.96. The van der Waals surface area contributed by atoms with E-state index < -0.39 is 5.60 Å². The average Bonchev–Trinajstić information content (AvgIpc) is 2.40. The minimum Gasteiger partial charge on any atom is -0.388 e. The highest BCUT2D eigenvalue weighted by Crippen LogP contribution is 2.31. The second-order valence-corrected chi connectivity index (χ2v) is 4.04. The van der Waals surface area contributed by atoms with Gasteiger partial charge in [0, 0.05) is 19.6 Å². The number of hydrogen-bond acceptors (Lipinski definition) is 3. The van der Waals surface area contributed by atoms with Crippen LogP contribution in [0.25, 0.3) is 0 Å². The standard InChI is InChI=1S/C11H19NO2/c1-2-4-10(9-12)11(13)5-3-7-14-8-6-11/h10,13H,2-8H2,1H3. The van der Waals surface area contributed by atoms with Gasteiger partial charge in [-0.1, -0.05) is 13.3 Å². The van der Waals surface area contributed by atoms with E-state index in [1.165, 1.54) is 0 Å². The Morgan fingerprint density at radius 2 is 2.29 bits per heavy atom. The zero-order valence-electron chi connectivity index (χ0n) is 8.83. The Morgan fingerprint density at radius 1 is 1.50 bits per heavy atom. The smallest absolute Gasteiger partial charge is 0.0828 e. The Hall–Kier alpha value is -0.590. The van der Waals surface area contributed by atoms with Crippen molar-refractivity contribution in [3.8, 4) is 6.07 Å². The lowest BCUT2D eigenvalue weighted by atomic mass is 9.80. The number of ether oxygens (including phenoxy) is 1. The Balaban J connectivity index is 2.63. The molecule has 0 saturated carbocycles. The normalized spacial score (nSPS) is 30.4. The van der Waals surface area contributed by atoms with E-state index in [1.807, 2.05) is 6.92 Å². The van der Waals surface area contributed by atoms with Crippen molar-refractivity contribution < 1.29 is 9.84 Å². The lowest BCUT2D eigenvalue weighted by Crippen LogP contribution is -2.37. The highest BCUT2D eigenvalue weighted by Gasteiger charge is 2.36. The van der Waals surface area contributed by atoms with E-state index in [9.17, 15) is 5.11 Å². The topological polar surface area (TPSA) is 53.2 Å². The Bertz CT molecular complexity index is 202. The fraction of sp³-hybridized carbons (Fsp3) is 0.909. The average molecular weight is 197 g/mol. The number of hydrogen-bond donors (Lipinski definition) is 1. The minimum absolute atomic E-state index is 0.228. The second kappa shape index (κ2) is 5.33. The van der Waals surface area contributed by atoms with Gasteiger partial charge in [-0.05, 0) is 19.3 Å². The molecule has 0 aromatic heterocycles. The highest BCUT2D eigenvalue weighted by atomic mass is 16.5. The molecule has 2 unspecified atom stereocenters. The Kier molecular flexibility index (Phi) is 4.37. The monoisotopic (exact) mass is 197 g/mol. The van der Waals surface area contributed by atoms with Gasteiger partial charge in [-0.2, -0.15) is 5.26 Å². The van der Waals surface area contributed by atoms with E-state index in [1.54, 1.807) is 0 Å². The molecule has 1 rings (SSSR count). The van der Waals surface area contributed by atoms with Crippen molar-refractivity contribution in [2.75, 3.05) is 13.2 Å². The maximum absolute atomic E-state index is 10.3. The van der Waals surface area contributed by atoms with Crippen molar-refractivity contribution in [1.82, 2.24) is 0 Å². The first kappa shape index (κ1) is 11.5. The van der Waals surface area contributed by atoms with Gasteiger partial charge >= 0.3 is 0 Å². The largest absolute Gasteiger partial charge is 0.388 e. The van der Waals surface area contributed by atoms with Crippen LogP contribution >= 0.6 is 0 Å². The molecule has 0 aromatic rings. The van der Waals surface area contributed by atoms with Gasteiger partial charge < -0.3 is 9.84 Å². The number of nitriles is 1. The molecule has 0 amide bonds. The van der Waals surface area contributed by atoms with E-state index >= 15 is 0 Å². The molecule has 3 nitrogen and oxygen atoms in total. The van der Waals surface area contributed by atoms with Crippen LogP contribution in [0.2, 0.25) is 0 Å². The molecule has 1 saturated heterocycles. The van der Waals surface area contributed by atoms with Crippen molar-refractivity contribution in [1.29, 1.82) is 5.26 Å². The molecule has 1 N–H and O–H groups in total. The zero-order valence-corrected chi connectivity index (χ0v) is 8.83. The molecular weight excluding hydrogens is 178 g/mol. The van der Waals surface area contributed by atoms with E-state index in [-0.39, 0.29) is 5.92 Å². The highest BCUT2D eigenvalue weighted by molar-refractivity contribution is 4.98. The summed E-state index contributed by atoms with van der Waals surface area (Å²) < 4.78 is 5.29. The number of nitrogens with zero attached hydrogens (tertiary/aromatic N) is 1. The van der Waals surface area contributed by atoms with E-state index in [0.29, 0.717) is 26.1 Å². The van der Waals surface area contributed by atoms with Crippen LogP contribution in [0, 0.1) is 17.2 Å². The molecule has 14 heavy (non-hydrogen) atoms. The summed E-state index contributed by atoms with van der Waals surface area (Å²) in [5.41, 5.74) is -0.804. The zero-order chi connectivity index (χ0) is 10.4. The van der Waals surface area contributed by atoms with E-state index in [0.717, 1.165) is 19.3 Å². The predicted octanol–water partition coefficient (Wildman–Crippen LogP) is 1.86. The fourth-order valence-corrected chi connectivity index (χ4v) is 2.05. The minimum atomic E-state index is -0.804. The summed E-state index contributed by atoms with van der Waals surface area (Å²) >= 11 is 0. The summed E-state index contributed by atoms with van der Waals surface area (Å²) in [5, 5.41) is 19.4. The van der Waals surface area contributed by atoms with Crippen molar-refractivity contribution >= 4 is 0 Å². The van der Waals surface area contributed by atoms with Gasteiger partial charge in [0.25, 0.3) is 0 Å². The van der Waals surface area contributed by atoms with Crippen molar-refractivity contribution in [2.24, 2.45) is 5.92 Å². The molecule has 0 aromatic carbocycles. The molecule has 0 spiro atoms. The Labute approximate surface area is 85.7 Å². The number of aliphatic hydroxyl groups is 1. The lowest BCUT2D eigenvalue weighted by molar-refractivity contribution is -0.0189. The second-order valence-electron chi connectivity index (χ2n) is 4.04. The summed E-state index contributed by atoms with van der Waals surface area (Å²) in [4.78, 5) is 0. The van der Waals surface area contributed by atoms with Crippen molar-refractivity contribution in [2.45, 2.75) is 44.6 Å². The van der Waals surface area contributed by atoms with Crippen LogP contribution in [-0.2, 0) is 4.74 Å². The first-order valence-corrected chi connectivity index (χ1v) is 5.42. The van der Waals surface area contributed by atoms with Gasteiger partial charge in [-0.25, -0.2) is 0 Å². The third-order valence-electron chi connectivity index (χ3n) is 2.96. The van der Waals surface area contributed by atoms with Gasteiger partial charge in [0.2, 0.25) is 0 Å². The maximum atomic E-state index is 10.3. The Morgan fingerprint density at radius 3 is 2.93 bits per heavy atom. The molecule has 0 radical (unpaired) electrons. The van der Waals surface area contributed by atoms with Gasteiger partial charge in [-0.15, -0.1) is 0 Å². The molecule has 1 fully saturated rings. The number of rotatable bonds is 3. The summed E-state index contributed by atoms with van der Waals surface area (Å²) in [5.74, 6) is -0.228. The van der Waals surface area contributed by atoms with E-state index in [2.05, 4.69) is 6.07 Å². The molecule has 1 aliphatic heterocycles. The summed E-state index contributed by atoms with van der Waals surface area (Å²) in [6, 6.07) is 2.24. The first-order chi connectivity index (χ1) is 6.73. The predicted molar refractivity (Wildman–Crippen MR) is 53.6 cm³/mol. The molecule has 1 heterocycles. The lowest BCUT2D eigenvalue weighted by Gasteiger charge is -2.30. The van der Waals surface area contributed by atoms with Crippen LogP contribution in [0.5, 0.6) is 0 Å². The van der Waals surface area contributed by atoms with Gasteiger partial charge in [0.15, 0.2) is 0 Å². The van der Waals surface area contributed by atoms with Crippen LogP contribution in [0.4, 0.5) is 0 Å². The van der Waals surface area contributed by atoms with E-state index in [4.69, 9.17) is 10.00 Å². The van der Waals surface area contributed by atoms with Crippen LogP contribution in [0.15, 0.2) is 0 Å². The molecule has 1 aliphatic rings. The van der Waals surface area contributed by atoms with Crippen LogP contribution < -0.4 is 0 Å². The molecule has 0 bridgehead atoms. The first-order valence-electron chi connectivity index (χ1n) is 5.42. The molecule has 0 aliphatic carbocycles. The molecule has 2 atom stereocenters. The van der Waals surface area contributed by atoms with Crippen molar-refractivity contribution in [3.05, 3.63) is 0 Å². The van der Waals surface area contributed by atoms with Crippen molar-refractivity contribution in [3.63, 3.8) is 0 Å².